The van der Waals surface area contributed by atoms with Crippen molar-refractivity contribution >= 4 is 5.65 Å². The molecule has 3 aromatic rings. The highest BCUT2D eigenvalue weighted by Gasteiger charge is 2.19. The molecule has 24 heavy (non-hydrogen) atoms. The van der Waals surface area contributed by atoms with Gasteiger partial charge in [0.15, 0.2) is 5.82 Å². The molecule has 0 radical (unpaired) electrons. The molecule has 3 aromatic heterocycles. The molecule has 7 heteroatoms. The summed E-state index contributed by atoms with van der Waals surface area (Å²) in [6.45, 7) is 9.73. The van der Waals surface area contributed by atoms with E-state index in [1.807, 2.05) is 13.1 Å². The van der Waals surface area contributed by atoms with Crippen molar-refractivity contribution in [2.75, 3.05) is 26.2 Å². The summed E-state index contributed by atoms with van der Waals surface area (Å²) in [6, 6.07) is 4.18. The van der Waals surface area contributed by atoms with Crippen LogP contribution in [0.5, 0.6) is 0 Å². The Morgan fingerprint density at radius 2 is 1.83 bits per heavy atom. The zero-order valence-corrected chi connectivity index (χ0v) is 14.1. The second-order valence-corrected chi connectivity index (χ2v) is 6.42. The van der Waals surface area contributed by atoms with Crippen molar-refractivity contribution in [3.05, 3.63) is 47.5 Å². The molecule has 126 valence electrons. The number of rotatable bonds is 4. The van der Waals surface area contributed by atoms with Crippen molar-refractivity contribution < 1.29 is 4.52 Å². The fraction of sp³-hybridized carbons (Fsp3) is 0.471. The summed E-state index contributed by atoms with van der Waals surface area (Å²) >= 11 is 0. The van der Waals surface area contributed by atoms with Crippen LogP contribution in [0.4, 0.5) is 0 Å². The molecule has 0 amide bonds. The van der Waals surface area contributed by atoms with Crippen LogP contribution in [0.15, 0.2) is 29.0 Å². The second-order valence-electron chi connectivity index (χ2n) is 6.42. The van der Waals surface area contributed by atoms with Crippen LogP contribution >= 0.6 is 0 Å². The maximum Gasteiger partial charge on any atom is 0.223 e. The Hall–Kier alpha value is -2.25. The van der Waals surface area contributed by atoms with Crippen LogP contribution in [0.3, 0.4) is 0 Å². The van der Waals surface area contributed by atoms with Crippen molar-refractivity contribution in [3.63, 3.8) is 0 Å². The van der Waals surface area contributed by atoms with Crippen LogP contribution in [-0.4, -0.2) is 55.5 Å². The molecule has 7 nitrogen and oxygen atoms in total. The molecule has 0 aliphatic carbocycles. The SMILES string of the molecule is Cc1nc(CN2CCN(Cc3cnc4c(C)cccn34)CC2)no1. The van der Waals surface area contributed by atoms with E-state index in [1.165, 1.54) is 11.3 Å². The Balaban J connectivity index is 1.36. The summed E-state index contributed by atoms with van der Waals surface area (Å²) in [5.41, 5.74) is 3.51. The molecule has 1 fully saturated rings. The van der Waals surface area contributed by atoms with E-state index in [2.05, 4.69) is 54.6 Å². The van der Waals surface area contributed by atoms with Crippen LogP contribution in [0.2, 0.25) is 0 Å². The van der Waals surface area contributed by atoms with Gasteiger partial charge in [-0.25, -0.2) is 4.98 Å². The first-order valence-electron chi connectivity index (χ1n) is 8.34. The molecule has 0 spiro atoms. The number of imidazole rings is 1. The Kier molecular flexibility index (Phi) is 4.03. The van der Waals surface area contributed by atoms with Crippen LogP contribution in [-0.2, 0) is 13.1 Å². The van der Waals surface area contributed by atoms with Gasteiger partial charge in [-0.05, 0) is 18.6 Å². The van der Waals surface area contributed by atoms with Gasteiger partial charge in [0.25, 0.3) is 0 Å². The third-order valence-electron chi connectivity index (χ3n) is 4.59. The molecule has 0 atom stereocenters. The van der Waals surface area contributed by atoms with Gasteiger partial charge in [-0.1, -0.05) is 11.2 Å². The van der Waals surface area contributed by atoms with Gasteiger partial charge in [0, 0.05) is 45.8 Å². The van der Waals surface area contributed by atoms with E-state index in [-0.39, 0.29) is 0 Å². The summed E-state index contributed by atoms with van der Waals surface area (Å²) in [7, 11) is 0. The van der Waals surface area contributed by atoms with Gasteiger partial charge in [-0.15, -0.1) is 0 Å². The molecule has 1 aliphatic rings. The molecule has 1 saturated heterocycles. The first-order chi connectivity index (χ1) is 11.7. The molecular formula is C17H22N6O. The van der Waals surface area contributed by atoms with Gasteiger partial charge in [0.2, 0.25) is 5.89 Å². The lowest BCUT2D eigenvalue weighted by atomic mass is 10.3. The van der Waals surface area contributed by atoms with Crippen molar-refractivity contribution in [3.8, 4) is 0 Å². The topological polar surface area (TPSA) is 62.7 Å². The minimum absolute atomic E-state index is 0.631. The van der Waals surface area contributed by atoms with Crippen molar-refractivity contribution in [2.24, 2.45) is 0 Å². The second kappa shape index (κ2) is 6.33. The highest BCUT2D eigenvalue weighted by atomic mass is 16.5. The molecule has 1 aliphatic heterocycles. The van der Waals surface area contributed by atoms with Crippen molar-refractivity contribution in [1.82, 2.24) is 29.3 Å². The molecule has 0 unspecified atom stereocenters. The monoisotopic (exact) mass is 326 g/mol. The normalized spacial score (nSPS) is 16.9. The molecular weight excluding hydrogens is 304 g/mol. The zero-order chi connectivity index (χ0) is 16.5. The summed E-state index contributed by atoms with van der Waals surface area (Å²) < 4.78 is 7.24. The van der Waals surface area contributed by atoms with Gasteiger partial charge in [-0.3, -0.25) is 9.80 Å². The summed E-state index contributed by atoms with van der Waals surface area (Å²) in [5, 5.41) is 3.98. The number of hydrogen-bond acceptors (Lipinski definition) is 6. The maximum absolute atomic E-state index is 5.04. The average Bonchev–Trinajstić information content (AvgIpc) is 3.17. The number of fused-ring (bicyclic) bond motifs is 1. The lowest BCUT2D eigenvalue weighted by Gasteiger charge is -2.33. The Morgan fingerprint density at radius 1 is 1.08 bits per heavy atom. The van der Waals surface area contributed by atoms with E-state index in [4.69, 9.17) is 4.52 Å². The van der Waals surface area contributed by atoms with E-state index in [1.54, 1.807) is 0 Å². The van der Waals surface area contributed by atoms with Gasteiger partial charge in [-0.2, -0.15) is 4.98 Å². The molecule has 4 heterocycles. The Morgan fingerprint density at radius 3 is 2.54 bits per heavy atom. The maximum atomic E-state index is 5.04. The lowest BCUT2D eigenvalue weighted by Crippen LogP contribution is -2.45. The summed E-state index contributed by atoms with van der Waals surface area (Å²) in [4.78, 5) is 13.7. The van der Waals surface area contributed by atoms with E-state index in [0.717, 1.165) is 50.7 Å². The van der Waals surface area contributed by atoms with Gasteiger partial charge < -0.3 is 8.92 Å². The molecule has 0 aromatic carbocycles. The number of pyridine rings is 1. The first kappa shape index (κ1) is 15.3. The van der Waals surface area contributed by atoms with Crippen LogP contribution < -0.4 is 0 Å². The van der Waals surface area contributed by atoms with Crippen LogP contribution in [0, 0.1) is 13.8 Å². The summed E-state index contributed by atoms with van der Waals surface area (Å²) in [6.07, 6.45) is 4.09. The van der Waals surface area contributed by atoms with Crippen molar-refractivity contribution in [1.29, 1.82) is 0 Å². The van der Waals surface area contributed by atoms with Crippen LogP contribution in [0.25, 0.3) is 5.65 Å². The predicted molar refractivity (Wildman–Crippen MR) is 89.5 cm³/mol. The largest absolute Gasteiger partial charge is 0.340 e. The molecule has 0 N–H and O–H groups in total. The number of aromatic nitrogens is 4. The third-order valence-corrected chi connectivity index (χ3v) is 4.59. The van der Waals surface area contributed by atoms with Gasteiger partial charge in [0.05, 0.1) is 18.4 Å². The van der Waals surface area contributed by atoms with Crippen LogP contribution in [0.1, 0.15) is 23.0 Å². The molecule has 0 bridgehead atoms. The van der Waals surface area contributed by atoms with E-state index >= 15 is 0 Å². The molecule has 0 saturated carbocycles. The van der Waals surface area contributed by atoms with E-state index < -0.39 is 0 Å². The number of piperazine rings is 1. The smallest absolute Gasteiger partial charge is 0.223 e. The standard InChI is InChI=1S/C17H22N6O/c1-13-4-3-5-23-15(10-18-17(13)23)11-21-6-8-22(9-7-21)12-16-19-14(2)24-20-16/h3-5,10H,6-9,11-12H2,1-2H3. The van der Waals surface area contributed by atoms with Gasteiger partial charge in [0.1, 0.15) is 5.65 Å². The lowest BCUT2D eigenvalue weighted by molar-refractivity contribution is 0.118. The predicted octanol–water partition coefficient (Wildman–Crippen LogP) is 1.65. The number of hydrogen-bond donors (Lipinski definition) is 0. The first-order valence-corrected chi connectivity index (χ1v) is 8.34. The van der Waals surface area contributed by atoms with Crippen molar-refractivity contribution in [2.45, 2.75) is 26.9 Å². The Bertz CT molecular complexity index is 831. The highest BCUT2D eigenvalue weighted by molar-refractivity contribution is 5.48. The number of aryl methyl sites for hydroxylation is 2. The highest BCUT2D eigenvalue weighted by Crippen LogP contribution is 2.14. The number of nitrogens with zero attached hydrogens (tertiary/aromatic N) is 6. The summed E-state index contributed by atoms with van der Waals surface area (Å²) in [5.74, 6) is 1.41. The third kappa shape index (κ3) is 3.05. The Labute approximate surface area is 140 Å². The average molecular weight is 326 g/mol. The minimum Gasteiger partial charge on any atom is -0.340 e. The van der Waals surface area contributed by atoms with E-state index in [9.17, 15) is 0 Å². The minimum atomic E-state index is 0.631. The quantitative estimate of drug-likeness (QED) is 0.726. The fourth-order valence-electron chi connectivity index (χ4n) is 3.26. The van der Waals surface area contributed by atoms with Gasteiger partial charge >= 0.3 is 0 Å². The van der Waals surface area contributed by atoms with E-state index in [0.29, 0.717) is 5.89 Å². The fourth-order valence-corrected chi connectivity index (χ4v) is 3.26. The zero-order valence-electron chi connectivity index (χ0n) is 14.1. The molecule has 4 rings (SSSR count).